The maximum Gasteiger partial charge on any atom is 0.326 e. The summed E-state index contributed by atoms with van der Waals surface area (Å²) >= 11 is 0.732. The van der Waals surface area contributed by atoms with Crippen LogP contribution in [-0.2, 0) is 14.3 Å². The molecule has 0 atom stereocenters. The Hall–Kier alpha value is -3.40. The van der Waals surface area contributed by atoms with Gasteiger partial charge >= 0.3 is 5.97 Å². The first kappa shape index (κ1) is 21.3. The number of nitrogens with zero attached hydrogens (tertiary/aromatic N) is 3. The van der Waals surface area contributed by atoms with Gasteiger partial charge in [0.1, 0.15) is 6.54 Å². The largest absolute Gasteiger partial charge is 0.464 e. The van der Waals surface area contributed by atoms with Crippen LogP contribution >= 0.6 is 11.8 Å². The van der Waals surface area contributed by atoms with Crippen LogP contribution in [0.5, 0.6) is 0 Å². The number of carbonyl (C=O) groups is 3. The molecule has 1 aliphatic rings. The number of benzene rings is 1. The van der Waals surface area contributed by atoms with Crippen molar-refractivity contribution in [3.8, 4) is 5.69 Å². The number of aromatic nitrogens is 1. The van der Waals surface area contributed by atoms with E-state index in [1.807, 2.05) is 6.92 Å². The lowest BCUT2D eigenvalue weighted by molar-refractivity contribution is -0.384. The number of imide groups is 1. The highest BCUT2D eigenvalue weighted by atomic mass is 32.2. The smallest absolute Gasteiger partial charge is 0.326 e. The molecule has 1 aliphatic heterocycles. The molecule has 0 N–H and O–H groups in total. The van der Waals surface area contributed by atoms with E-state index >= 15 is 0 Å². The van der Waals surface area contributed by atoms with Gasteiger partial charge in [0, 0.05) is 24.0 Å². The molecule has 0 spiro atoms. The fraction of sp³-hybridized carbons (Fsp3) is 0.250. The Kier molecular flexibility index (Phi) is 6.68. The van der Waals surface area contributed by atoms with Crippen LogP contribution in [0.3, 0.4) is 0 Å². The Labute approximate surface area is 176 Å². The van der Waals surface area contributed by atoms with Crippen molar-refractivity contribution in [3.63, 3.8) is 0 Å². The maximum atomic E-state index is 12.6. The minimum Gasteiger partial charge on any atom is -0.464 e. The summed E-state index contributed by atoms with van der Waals surface area (Å²) in [5, 5.41) is 10.5. The summed E-state index contributed by atoms with van der Waals surface area (Å²) in [6, 6.07) is 9.50. The second kappa shape index (κ2) is 9.40. The Bertz CT molecular complexity index is 1030. The zero-order valence-corrected chi connectivity index (χ0v) is 17.0. The topological polar surface area (TPSA) is 112 Å². The number of amides is 2. The van der Waals surface area contributed by atoms with Gasteiger partial charge in [-0.15, -0.1) is 0 Å². The van der Waals surface area contributed by atoms with E-state index in [4.69, 9.17) is 4.74 Å². The van der Waals surface area contributed by atoms with Gasteiger partial charge in [0.25, 0.3) is 16.8 Å². The van der Waals surface area contributed by atoms with Gasteiger partial charge in [-0.05, 0) is 42.5 Å². The van der Waals surface area contributed by atoms with E-state index in [0.29, 0.717) is 17.8 Å². The van der Waals surface area contributed by atoms with Crippen molar-refractivity contribution in [1.29, 1.82) is 0 Å². The summed E-state index contributed by atoms with van der Waals surface area (Å²) in [6.07, 6.45) is 4.79. The van der Waals surface area contributed by atoms with E-state index in [9.17, 15) is 24.5 Å². The van der Waals surface area contributed by atoms with Crippen LogP contribution < -0.4 is 0 Å². The molecule has 1 aromatic heterocycles. The molecule has 0 unspecified atom stereocenters. The number of thioether (sulfide) groups is 1. The molecule has 1 saturated heterocycles. The van der Waals surface area contributed by atoms with Gasteiger partial charge in [-0.3, -0.25) is 29.4 Å². The predicted molar refractivity (Wildman–Crippen MR) is 111 cm³/mol. The highest BCUT2D eigenvalue weighted by Gasteiger charge is 2.36. The maximum absolute atomic E-state index is 12.6. The molecule has 0 bridgehead atoms. The molecular weight excluding hydrogens is 410 g/mol. The third-order valence-electron chi connectivity index (χ3n) is 4.30. The fourth-order valence-corrected chi connectivity index (χ4v) is 3.60. The Morgan fingerprint density at radius 3 is 2.80 bits per heavy atom. The number of nitro groups is 1. The molecule has 1 aromatic carbocycles. The second-order valence-corrected chi connectivity index (χ2v) is 7.42. The molecule has 2 aromatic rings. The third kappa shape index (κ3) is 4.77. The third-order valence-corrected chi connectivity index (χ3v) is 5.21. The molecule has 0 saturated carbocycles. The van der Waals surface area contributed by atoms with E-state index in [-0.39, 0.29) is 17.2 Å². The number of nitro benzene ring substituents is 1. The number of rotatable bonds is 8. The normalized spacial score (nSPS) is 15.1. The standard InChI is InChI=1S/C20H19N3O6S/c1-2-3-10-29-18(24)13-22-19(25)17(30-20(22)26)12-15-8-5-9-21(15)14-6-4-7-16(11-14)23(27)28/h4-9,11-12H,2-3,10,13H2,1H3/b17-12-. The second-order valence-electron chi connectivity index (χ2n) is 6.42. The number of hydrogen-bond donors (Lipinski definition) is 0. The molecule has 30 heavy (non-hydrogen) atoms. The van der Waals surface area contributed by atoms with Crippen molar-refractivity contribution in [1.82, 2.24) is 9.47 Å². The van der Waals surface area contributed by atoms with Crippen LogP contribution in [0.15, 0.2) is 47.5 Å². The molecule has 9 nitrogen and oxygen atoms in total. The lowest BCUT2D eigenvalue weighted by Crippen LogP contribution is -2.34. The monoisotopic (exact) mass is 429 g/mol. The van der Waals surface area contributed by atoms with Crippen molar-refractivity contribution >= 4 is 40.6 Å². The van der Waals surface area contributed by atoms with E-state index in [1.165, 1.54) is 18.2 Å². The van der Waals surface area contributed by atoms with Gasteiger partial charge in [-0.1, -0.05) is 19.4 Å². The summed E-state index contributed by atoms with van der Waals surface area (Å²) in [5.74, 6) is -1.21. The lowest BCUT2D eigenvalue weighted by atomic mass is 10.2. The number of esters is 1. The molecule has 3 rings (SSSR count). The highest BCUT2D eigenvalue weighted by Crippen LogP contribution is 2.32. The van der Waals surface area contributed by atoms with Gasteiger partial charge < -0.3 is 9.30 Å². The van der Waals surface area contributed by atoms with Crippen LogP contribution in [0.25, 0.3) is 11.8 Å². The predicted octanol–water partition coefficient (Wildman–Crippen LogP) is 3.77. The first-order chi connectivity index (χ1) is 14.4. The van der Waals surface area contributed by atoms with Gasteiger partial charge in [0.2, 0.25) is 0 Å². The van der Waals surface area contributed by atoms with Gasteiger partial charge in [0.05, 0.1) is 22.1 Å². The minimum atomic E-state index is -0.632. The zero-order chi connectivity index (χ0) is 21.7. The van der Waals surface area contributed by atoms with Crippen molar-refractivity contribution in [2.24, 2.45) is 0 Å². The summed E-state index contributed by atoms with van der Waals surface area (Å²) in [7, 11) is 0. The van der Waals surface area contributed by atoms with Crippen molar-refractivity contribution < 1.29 is 24.0 Å². The van der Waals surface area contributed by atoms with Crippen LogP contribution in [-0.4, -0.2) is 44.7 Å². The zero-order valence-electron chi connectivity index (χ0n) is 16.1. The molecular formula is C20H19N3O6S. The Morgan fingerprint density at radius 2 is 2.07 bits per heavy atom. The van der Waals surface area contributed by atoms with Crippen molar-refractivity contribution in [3.05, 3.63) is 63.3 Å². The average molecular weight is 429 g/mol. The molecule has 0 aliphatic carbocycles. The Balaban J connectivity index is 1.79. The number of unbranched alkanes of at least 4 members (excludes halogenated alkanes) is 1. The molecule has 10 heteroatoms. The summed E-state index contributed by atoms with van der Waals surface area (Å²) in [4.78, 5) is 48.2. The van der Waals surface area contributed by atoms with Crippen LogP contribution in [0, 0.1) is 10.1 Å². The summed E-state index contributed by atoms with van der Waals surface area (Å²) in [6.45, 7) is 1.77. The minimum absolute atomic E-state index is 0.0611. The molecule has 0 radical (unpaired) electrons. The van der Waals surface area contributed by atoms with E-state index in [0.717, 1.165) is 23.1 Å². The SMILES string of the molecule is CCCCOC(=O)CN1C(=O)S/C(=C\c2cccn2-c2cccc([N+](=O)[O-])c2)C1=O. The lowest BCUT2D eigenvalue weighted by Gasteiger charge is -2.11. The molecule has 1 fully saturated rings. The summed E-state index contributed by atoms with van der Waals surface area (Å²) < 4.78 is 6.68. The molecule has 156 valence electrons. The van der Waals surface area contributed by atoms with E-state index in [1.54, 1.807) is 35.0 Å². The summed E-state index contributed by atoms with van der Waals surface area (Å²) in [5.41, 5.74) is 1.04. The number of hydrogen-bond acceptors (Lipinski definition) is 7. The quantitative estimate of drug-likeness (QED) is 0.206. The van der Waals surface area contributed by atoms with Crippen LogP contribution in [0.1, 0.15) is 25.5 Å². The molecule has 2 amide bonds. The van der Waals surface area contributed by atoms with E-state index < -0.39 is 28.6 Å². The molecule has 2 heterocycles. The van der Waals surface area contributed by atoms with Gasteiger partial charge in [-0.2, -0.15) is 0 Å². The Morgan fingerprint density at radius 1 is 1.27 bits per heavy atom. The number of non-ortho nitro benzene ring substituents is 1. The number of ether oxygens (including phenoxy) is 1. The fourth-order valence-electron chi connectivity index (χ4n) is 2.78. The first-order valence-corrected chi connectivity index (χ1v) is 10.1. The van der Waals surface area contributed by atoms with Crippen molar-refractivity contribution in [2.45, 2.75) is 19.8 Å². The van der Waals surface area contributed by atoms with Crippen molar-refractivity contribution in [2.75, 3.05) is 13.2 Å². The first-order valence-electron chi connectivity index (χ1n) is 9.24. The average Bonchev–Trinajstić information content (AvgIpc) is 3.28. The number of carbonyl (C=O) groups excluding carboxylic acids is 3. The highest BCUT2D eigenvalue weighted by molar-refractivity contribution is 8.18. The van der Waals surface area contributed by atoms with Gasteiger partial charge in [-0.25, -0.2) is 0 Å². The van der Waals surface area contributed by atoms with Gasteiger partial charge in [0.15, 0.2) is 0 Å². The van der Waals surface area contributed by atoms with E-state index in [2.05, 4.69) is 0 Å². The van der Waals surface area contributed by atoms with Crippen LogP contribution in [0.4, 0.5) is 10.5 Å². The van der Waals surface area contributed by atoms with Crippen LogP contribution in [0.2, 0.25) is 0 Å².